The van der Waals surface area contributed by atoms with Crippen molar-refractivity contribution in [2.45, 2.75) is 12.5 Å². The minimum Gasteiger partial charge on any atom is -0.497 e. The molecule has 2 heterocycles. The van der Waals surface area contributed by atoms with Gasteiger partial charge in [0.25, 0.3) is 0 Å². The molecule has 6 heteroatoms. The highest BCUT2D eigenvalue weighted by atomic mass is 35.5. The summed E-state index contributed by atoms with van der Waals surface area (Å²) in [5.41, 5.74) is 7.04. The average molecular weight is 337 g/mol. The zero-order chi connectivity index (χ0) is 15.5. The number of nitrogens with zero attached hydrogens (tertiary/aromatic N) is 1. The lowest BCUT2D eigenvalue weighted by Crippen LogP contribution is -2.25. The fourth-order valence-corrected chi connectivity index (χ4v) is 3.52. The second-order valence-electron chi connectivity index (χ2n) is 4.99. The number of ether oxygens (including phenoxy) is 1. The predicted octanol–water partition coefficient (Wildman–Crippen LogP) is 3.74. The first-order valence-corrected chi connectivity index (χ1v) is 8.15. The van der Waals surface area contributed by atoms with Gasteiger partial charge < -0.3 is 15.3 Å². The Hall–Kier alpha value is -1.69. The Kier molecular flexibility index (Phi) is 4.57. The third-order valence-electron chi connectivity index (χ3n) is 3.52. The Labute approximate surface area is 138 Å². The molecular formula is C16H17ClN2O2S. The normalized spacial score (nSPS) is 18.1. The zero-order valence-corrected chi connectivity index (χ0v) is 13.7. The number of hydrogen-bond acceptors (Lipinski definition) is 5. The van der Waals surface area contributed by atoms with Crippen LogP contribution in [0, 0.1) is 0 Å². The van der Waals surface area contributed by atoms with Crippen LogP contribution >= 0.6 is 22.9 Å². The molecule has 0 spiro atoms. The first kappa shape index (κ1) is 15.2. The second kappa shape index (κ2) is 6.60. The average Bonchev–Trinajstić information content (AvgIpc) is 3.11. The van der Waals surface area contributed by atoms with Gasteiger partial charge in [0.2, 0.25) is 5.88 Å². The Morgan fingerprint density at radius 2 is 2.05 bits per heavy atom. The maximum absolute atomic E-state index is 6.02. The summed E-state index contributed by atoms with van der Waals surface area (Å²) >= 11 is 7.56. The van der Waals surface area contributed by atoms with E-state index in [1.165, 1.54) is 5.56 Å². The minimum atomic E-state index is 0.0238. The first-order chi connectivity index (χ1) is 10.7. The van der Waals surface area contributed by atoms with E-state index in [1.54, 1.807) is 18.4 Å². The lowest BCUT2D eigenvalue weighted by Gasteiger charge is -2.21. The molecule has 0 radical (unpaired) electrons. The number of benzene rings is 1. The van der Waals surface area contributed by atoms with Crippen molar-refractivity contribution in [1.82, 2.24) is 5.06 Å². The molecule has 0 saturated carbocycles. The number of halogens is 1. The second-order valence-corrected chi connectivity index (χ2v) is 6.73. The molecule has 1 aromatic heterocycles. The molecular weight excluding hydrogens is 320 g/mol. The van der Waals surface area contributed by atoms with Gasteiger partial charge >= 0.3 is 0 Å². The van der Waals surface area contributed by atoms with Gasteiger partial charge in [-0.25, -0.2) is 0 Å². The van der Waals surface area contributed by atoms with E-state index < -0.39 is 0 Å². The molecule has 116 valence electrons. The molecule has 1 unspecified atom stereocenters. The number of hydrogen-bond donors (Lipinski definition) is 1. The van der Waals surface area contributed by atoms with Crippen LogP contribution in [0.1, 0.15) is 16.5 Å². The van der Waals surface area contributed by atoms with E-state index in [1.807, 2.05) is 35.4 Å². The third kappa shape index (κ3) is 3.38. The number of thiophene rings is 1. The van der Waals surface area contributed by atoms with E-state index in [0.717, 1.165) is 27.9 Å². The van der Waals surface area contributed by atoms with Crippen molar-refractivity contribution in [3.05, 3.63) is 63.1 Å². The van der Waals surface area contributed by atoms with E-state index in [4.69, 9.17) is 26.9 Å². The van der Waals surface area contributed by atoms with Crippen LogP contribution < -0.4 is 10.5 Å². The lowest BCUT2D eigenvalue weighted by atomic mass is 10.1. The summed E-state index contributed by atoms with van der Waals surface area (Å²) in [6.07, 6.45) is 2.77. The summed E-state index contributed by atoms with van der Waals surface area (Å²) in [6.45, 7) is 0.740. The van der Waals surface area contributed by atoms with Gasteiger partial charge in [0.1, 0.15) is 11.8 Å². The standard InChI is InChI=1S/C16H17ClN2O2S/c1-20-12-4-2-11(3-5-12)8-9-19-13(10-16(18)21-19)14-6-7-15(17)22-14/h2-7,10,13H,8-9,18H2,1H3. The van der Waals surface area contributed by atoms with Gasteiger partial charge in [-0.3, -0.25) is 0 Å². The largest absolute Gasteiger partial charge is 0.497 e. The fraction of sp³-hybridized carbons (Fsp3) is 0.250. The van der Waals surface area contributed by atoms with Crippen molar-refractivity contribution in [1.29, 1.82) is 0 Å². The highest BCUT2D eigenvalue weighted by Gasteiger charge is 2.28. The van der Waals surface area contributed by atoms with E-state index >= 15 is 0 Å². The van der Waals surface area contributed by atoms with Crippen molar-refractivity contribution in [2.24, 2.45) is 5.73 Å². The van der Waals surface area contributed by atoms with Crippen LogP contribution in [0.2, 0.25) is 4.34 Å². The molecule has 2 aromatic rings. The lowest BCUT2D eigenvalue weighted by molar-refractivity contribution is -0.118. The Morgan fingerprint density at radius 3 is 2.68 bits per heavy atom. The Bertz CT molecular complexity index is 669. The van der Waals surface area contributed by atoms with Gasteiger partial charge in [-0.2, -0.15) is 0 Å². The van der Waals surface area contributed by atoms with Crippen LogP contribution in [0.4, 0.5) is 0 Å². The highest BCUT2D eigenvalue weighted by molar-refractivity contribution is 7.16. The molecule has 0 bridgehead atoms. The van der Waals surface area contributed by atoms with Crippen molar-refractivity contribution < 1.29 is 9.57 Å². The number of hydroxylamine groups is 2. The molecule has 0 aliphatic carbocycles. The van der Waals surface area contributed by atoms with Crippen molar-refractivity contribution in [3.8, 4) is 5.75 Å². The number of rotatable bonds is 5. The SMILES string of the molecule is COc1ccc(CCN2OC(N)=CC2c2ccc(Cl)s2)cc1. The summed E-state index contributed by atoms with van der Waals surface area (Å²) in [4.78, 5) is 6.74. The van der Waals surface area contributed by atoms with Gasteiger partial charge in [0.05, 0.1) is 11.4 Å². The number of nitrogens with two attached hydrogens (primary N) is 1. The topological polar surface area (TPSA) is 47.7 Å². The molecule has 0 fully saturated rings. The summed E-state index contributed by atoms with van der Waals surface area (Å²) in [6, 6.07) is 12.0. The van der Waals surface area contributed by atoms with E-state index in [9.17, 15) is 0 Å². The summed E-state index contributed by atoms with van der Waals surface area (Å²) < 4.78 is 5.93. The molecule has 22 heavy (non-hydrogen) atoms. The van der Waals surface area contributed by atoms with Crippen LogP contribution in [-0.2, 0) is 11.3 Å². The van der Waals surface area contributed by atoms with Crippen LogP contribution in [0.5, 0.6) is 5.75 Å². The van der Waals surface area contributed by atoms with Crippen LogP contribution in [0.15, 0.2) is 48.4 Å². The third-order valence-corrected chi connectivity index (χ3v) is 4.82. The van der Waals surface area contributed by atoms with Crippen molar-refractivity contribution in [3.63, 3.8) is 0 Å². The summed E-state index contributed by atoms with van der Waals surface area (Å²) in [5, 5.41) is 1.89. The van der Waals surface area contributed by atoms with Crippen LogP contribution in [-0.4, -0.2) is 18.7 Å². The number of methoxy groups -OCH3 is 1. The summed E-state index contributed by atoms with van der Waals surface area (Å²) in [5.74, 6) is 1.29. The van der Waals surface area contributed by atoms with E-state index in [-0.39, 0.29) is 6.04 Å². The molecule has 4 nitrogen and oxygen atoms in total. The molecule has 1 aliphatic rings. The predicted molar refractivity (Wildman–Crippen MR) is 88.8 cm³/mol. The quantitative estimate of drug-likeness (QED) is 0.903. The maximum atomic E-state index is 6.02. The molecule has 3 rings (SSSR count). The monoisotopic (exact) mass is 336 g/mol. The van der Waals surface area contributed by atoms with Crippen molar-refractivity contribution >= 4 is 22.9 Å². The zero-order valence-electron chi connectivity index (χ0n) is 12.2. The van der Waals surface area contributed by atoms with Crippen LogP contribution in [0.3, 0.4) is 0 Å². The fourth-order valence-electron chi connectivity index (χ4n) is 2.39. The summed E-state index contributed by atoms with van der Waals surface area (Å²) in [7, 11) is 1.66. The molecule has 0 saturated heterocycles. The van der Waals surface area contributed by atoms with Gasteiger partial charge in [0.15, 0.2) is 0 Å². The van der Waals surface area contributed by atoms with E-state index in [2.05, 4.69) is 12.1 Å². The van der Waals surface area contributed by atoms with E-state index in [0.29, 0.717) is 5.88 Å². The molecule has 1 atom stereocenters. The molecule has 1 aliphatic heterocycles. The molecule has 0 amide bonds. The first-order valence-electron chi connectivity index (χ1n) is 6.96. The smallest absolute Gasteiger partial charge is 0.207 e. The Balaban J connectivity index is 1.66. The maximum Gasteiger partial charge on any atom is 0.207 e. The van der Waals surface area contributed by atoms with Crippen LogP contribution in [0.25, 0.3) is 0 Å². The Morgan fingerprint density at radius 1 is 1.27 bits per heavy atom. The highest BCUT2D eigenvalue weighted by Crippen LogP contribution is 2.35. The van der Waals surface area contributed by atoms with Gasteiger partial charge in [-0.05, 0) is 36.2 Å². The molecule has 2 N–H and O–H groups in total. The van der Waals surface area contributed by atoms with Gasteiger partial charge in [-0.15, -0.1) is 16.4 Å². The minimum absolute atomic E-state index is 0.0238. The molecule has 1 aromatic carbocycles. The van der Waals surface area contributed by atoms with Gasteiger partial charge in [0, 0.05) is 17.5 Å². The van der Waals surface area contributed by atoms with Crippen molar-refractivity contribution in [2.75, 3.05) is 13.7 Å². The van der Waals surface area contributed by atoms with Gasteiger partial charge in [-0.1, -0.05) is 23.7 Å².